The number of nitro benzene ring substituents is 1. The van der Waals surface area contributed by atoms with Gasteiger partial charge in [0.15, 0.2) is 3.95 Å². The number of likely N-dealkylation sites (tertiary alicyclic amines) is 1. The van der Waals surface area contributed by atoms with Crippen molar-refractivity contribution in [2.24, 2.45) is 29.6 Å². The van der Waals surface area contributed by atoms with Crippen LogP contribution in [0.2, 0.25) is 0 Å². The van der Waals surface area contributed by atoms with Gasteiger partial charge in [-0.25, -0.2) is 0 Å². The Morgan fingerprint density at radius 3 is 2.52 bits per heavy atom. The maximum Gasteiger partial charge on any atom is 0.323 e. The van der Waals surface area contributed by atoms with Crippen molar-refractivity contribution in [1.82, 2.24) is 9.88 Å². The van der Waals surface area contributed by atoms with Gasteiger partial charge in [0, 0.05) is 28.2 Å². The number of aromatic amines is 1. The average molecular weight is 504 g/mol. The molecule has 12 heteroatoms. The molecule has 2 saturated carbocycles. The lowest BCUT2D eigenvalue weighted by atomic mass is 9.68. The summed E-state index contributed by atoms with van der Waals surface area (Å²) in [5.41, 5.74) is 0.932. The quantitative estimate of drug-likeness (QED) is 0.281. The lowest BCUT2D eigenvalue weighted by Crippen LogP contribution is -2.42. The maximum atomic E-state index is 13.1. The van der Waals surface area contributed by atoms with E-state index in [0.29, 0.717) is 3.95 Å². The molecule has 2 aromatic rings. The van der Waals surface area contributed by atoms with Crippen molar-refractivity contribution in [3.05, 3.63) is 48.8 Å². The molecule has 1 aromatic carbocycles. The summed E-state index contributed by atoms with van der Waals surface area (Å²) in [6.07, 6.45) is 0.745. The summed E-state index contributed by atoms with van der Waals surface area (Å²) in [5, 5.41) is 21.4. The molecule has 2 amide bonds. The minimum Gasteiger partial charge on any atom is -0.480 e. The highest BCUT2D eigenvalue weighted by atomic mass is 32.2. The summed E-state index contributed by atoms with van der Waals surface area (Å²) < 4.78 is 0.645. The zero-order valence-corrected chi connectivity index (χ0v) is 19.3. The van der Waals surface area contributed by atoms with E-state index in [4.69, 9.17) is 12.2 Å². The van der Waals surface area contributed by atoms with Gasteiger partial charge in [-0.1, -0.05) is 12.1 Å². The highest BCUT2D eigenvalue weighted by Gasteiger charge is 2.69. The number of aromatic nitrogens is 1. The summed E-state index contributed by atoms with van der Waals surface area (Å²) in [7, 11) is 0. The Labute approximate surface area is 200 Å². The molecule has 0 spiro atoms. The number of thiazole rings is 1. The van der Waals surface area contributed by atoms with Crippen LogP contribution in [0.15, 0.2) is 29.3 Å². The molecule has 3 fully saturated rings. The van der Waals surface area contributed by atoms with Crippen LogP contribution in [-0.4, -0.2) is 49.5 Å². The Bertz CT molecular complexity index is 1290. The van der Waals surface area contributed by atoms with Crippen LogP contribution < -0.4 is 0 Å². The molecule has 2 bridgehead atoms. The first-order chi connectivity index (χ1) is 15.8. The third-order valence-corrected chi connectivity index (χ3v) is 10.5. The van der Waals surface area contributed by atoms with Crippen LogP contribution in [0.5, 0.6) is 0 Å². The number of nitrogens with zero attached hydrogens (tertiary/aromatic N) is 2. The minimum atomic E-state index is -1.20. The van der Waals surface area contributed by atoms with E-state index in [1.807, 2.05) is 0 Å². The molecule has 3 heterocycles. The van der Waals surface area contributed by atoms with Gasteiger partial charge in [-0.2, -0.15) is 0 Å². The molecule has 2 N–H and O–H groups in total. The number of rotatable bonds is 4. The van der Waals surface area contributed by atoms with Crippen molar-refractivity contribution in [1.29, 1.82) is 0 Å². The molecule has 1 aromatic heterocycles. The van der Waals surface area contributed by atoms with Gasteiger partial charge in [-0.15, -0.1) is 23.1 Å². The van der Waals surface area contributed by atoms with Gasteiger partial charge in [0.05, 0.1) is 21.8 Å². The van der Waals surface area contributed by atoms with Crippen molar-refractivity contribution in [3.63, 3.8) is 0 Å². The van der Waals surface area contributed by atoms with Gasteiger partial charge in [0.25, 0.3) is 5.69 Å². The molecule has 33 heavy (non-hydrogen) atoms. The van der Waals surface area contributed by atoms with Crippen molar-refractivity contribution >= 4 is 58.8 Å². The smallest absolute Gasteiger partial charge is 0.323 e. The summed E-state index contributed by atoms with van der Waals surface area (Å²) in [6.45, 7) is -0.598. The zero-order chi connectivity index (χ0) is 23.2. The molecule has 7 atom stereocenters. The summed E-state index contributed by atoms with van der Waals surface area (Å²) in [4.78, 5) is 53.4. The van der Waals surface area contributed by atoms with Crippen LogP contribution in [0.3, 0.4) is 0 Å². The van der Waals surface area contributed by atoms with Crippen LogP contribution in [0.4, 0.5) is 5.69 Å². The highest BCUT2D eigenvalue weighted by molar-refractivity contribution is 8.00. The number of fused-ring (bicyclic) bond motifs is 9. The number of carboxylic acids is 1. The van der Waals surface area contributed by atoms with Gasteiger partial charge in [-0.3, -0.25) is 29.4 Å². The summed E-state index contributed by atoms with van der Waals surface area (Å²) in [6, 6.07) is 6.52. The Kier molecular flexibility index (Phi) is 4.59. The number of amides is 2. The van der Waals surface area contributed by atoms with Gasteiger partial charge in [0.1, 0.15) is 6.54 Å². The first-order valence-electron chi connectivity index (χ1n) is 10.5. The fraction of sp³-hybridized carbons (Fsp3) is 0.429. The van der Waals surface area contributed by atoms with E-state index in [2.05, 4.69) is 4.98 Å². The number of carboxylic acid groups (broad SMARTS) is 1. The molecule has 0 unspecified atom stereocenters. The molecule has 4 aliphatic rings. The van der Waals surface area contributed by atoms with Gasteiger partial charge in [0.2, 0.25) is 11.8 Å². The molecule has 0 radical (unpaired) electrons. The molecular formula is C21H17N3O6S3. The van der Waals surface area contributed by atoms with Crippen molar-refractivity contribution in [3.8, 4) is 0 Å². The van der Waals surface area contributed by atoms with E-state index in [1.165, 1.54) is 23.5 Å². The van der Waals surface area contributed by atoms with Crippen molar-refractivity contribution < 1.29 is 24.4 Å². The molecular weight excluding hydrogens is 486 g/mol. The van der Waals surface area contributed by atoms with Crippen molar-refractivity contribution in [2.45, 2.75) is 22.6 Å². The van der Waals surface area contributed by atoms with Gasteiger partial charge < -0.3 is 10.1 Å². The van der Waals surface area contributed by atoms with Crippen molar-refractivity contribution in [2.75, 3.05) is 6.54 Å². The number of benzene rings is 1. The Balaban J connectivity index is 1.44. The lowest BCUT2D eigenvalue weighted by Gasteiger charge is -2.43. The number of hydrogen-bond donors (Lipinski definition) is 2. The standard InChI is InChI=1S/C21H17N3O6S3/c25-11(26)6-23-19(27)14-9-5-10(15(14)20(23)28)16-13(9)12(17-18(32-16)22-21(31)33-17)7-1-3-8(4-2-7)24(29)30/h1-4,9-10,12-16H,5-6H2,(H,22,31)(H,25,26)/t9-,10+,12+,13+,14+,15+,16+/m0/s1. The van der Waals surface area contributed by atoms with E-state index in [0.717, 1.165) is 26.8 Å². The summed E-state index contributed by atoms with van der Waals surface area (Å²) in [5.74, 6) is -3.05. The number of imide groups is 1. The average Bonchev–Trinajstić information content (AvgIpc) is 3.49. The minimum absolute atomic E-state index is 0.0105. The first-order valence-corrected chi connectivity index (χ1v) is 12.6. The Morgan fingerprint density at radius 2 is 1.88 bits per heavy atom. The highest BCUT2D eigenvalue weighted by Crippen LogP contribution is 2.68. The molecule has 6 rings (SSSR count). The fourth-order valence-corrected chi connectivity index (χ4v) is 9.88. The largest absolute Gasteiger partial charge is 0.480 e. The van der Waals surface area contributed by atoms with E-state index in [-0.39, 0.29) is 46.4 Å². The van der Waals surface area contributed by atoms with Crippen LogP contribution in [0.25, 0.3) is 0 Å². The molecule has 9 nitrogen and oxygen atoms in total. The molecule has 1 saturated heterocycles. The van der Waals surface area contributed by atoms with E-state index < -0.39 is 29.3 Å². The number of nitrogens with one attached hydrogen (secondary N) is 1. The molecule has 2 aliphatic heterocycles. The number of non-ortho nitro benzene ring substituents is 1. The number of carbonyl (C=O) groups is 3. The summed E-state index contributed by atoms with van der Waals surface area (Å²) >= 11 is 8.55. The first kappa shape index (κ1) is 21.0. The number of H-pyrrole nitrogens is 1. The predicted molar refractivity (Wildman–Crippen MR) is 121 cm³/mol. The second-order valence-electron chi connectivity index (χ2n) is 8.97. The van der Waals surface area contributed by atoms with E-state index in [1.54, 1.807) is 23.9 Å². The van der Waals surface area contributed by atoms with Crippen LogP contribution in [0, 0.1) is 43.7 Å². The number of carbonyl (C=O) groups excluding carboxylic acids is 2. The SMILES string of the molecule is O=C(O)CN1C(=O)[C@@H]2[C@H]3C[C@@H]([C@H]4Sc5[nH]c(=S)sc5[C@H](c5ccc([N+](=O)[O-])cc5)[C@@H]34)[C@H]2C1=O. The topological polar surface area (TPSA) is 134 Å². The van der Waals surface area contributed by atoms with E-state index in [9.17, 15) is 29.6 Å². The number of hydrogen-bond acceptors (Lipinski definition) is 8. The number of nitro groups is 1. The predicted octanol–water partition coefficient (Wildman–Crippen LogP) is 3.27. The van der Waals surface area contributed by atoms with Crippen LogP contribution in [-0.2, 0) is 14.4 Å². The lowest BCUT2D eigenvalue weighted by molar-refractivity contribution is -0.384. The second kappa shape index (κ2) is 7.21. The van der Waals surface area contributed by atoms with Gasteiger partial charge in [-0.05, 0) is 42.0 Å². The second-order valence-corrected chi connectivity index (χ2v) is 11.9. The monoisotopic (exact) mass is 503 g/mol. The van der Waals surface area contributed by atoms with Gasteiger partial charge >= 0.3 is 5.97 Å². The molecule has 2 aliphatic carbocycles. The maximum absolute atomic E-state index is 13.1. The van der Waals surface area contributed by atoms with E-state index >= 15 is 0 Å². The Hall–Kier alpha value is -2.57. The molecule has 170 valence electrons. The zero-order valence-electron chi connectivity index (χ0n) is 16.9. The van der Waals surface area contributed by atoms with Crippen LogP contribution in [0.1, 0.15) is 22.8 Å². The fourth-order valence-electron chi connectivity index (χ4n) is 6.55. The number of thioether (sulfide) groups is 1. The third-order valence-electron chi connectivity index (χ3n) is 7.57. The third kappa shape index (κ3) is 2.90. The number of aliphatic carboxylic acids is 1. The van der Waals surface area contributed by atoms with Crippen LogP contribution >= 0.6 is 35.3 Å². The Morgan fingerprint density at radius 1 is 1.21 bits per heavy atom. The normalized spacial score (nSPS) is 33.7.